The van der Waals surface area contributed by atoms with Crippen LogP contribution in [-0.2, 0) is 9.47 Å². The van der Waals surface area contributed by atoms with Crippen molar-refractivity contribution >= 4 is 11.8 Å². The summed E-state index contributed by atoms with van der Waals surface area (Å²) < 4.78 is 25.3. The van der Waals surface area contributed by atoms with Crippen molar-refractivity contribution in [1.29, 1.82) is 5.26 Å². The number of hydrogen-bond donors (Lipinski definition) is 3. The van der Waals surface area contributed by atoms with E-state index in [1.807, 2.05) is 0 Å². The molecule has 3 heterocycles. The Labute approximate surface area is 211 Å². The molecule has 1 aliphatic carbocycles. The van der Waals surface area contributed by atoms with Gasteiger partial charge in [-0.3, -0.25) is 0 Å². The van der Waals surface area contributed by atoms with Gasteiger partial charge in [0.25, 0.3) is 0 Å². The zero-order chi connectivity index (χ0) is 25.4. The van der Waals surface area contributed by atoms with Gasteiger partial charge in [0.05, 0.1) is 30.5 Å². The molecule has 1 saturated carbocycles. The Morgan fingerprint density at radius 2 is 1.97 bits per heavy atom. The summed E-state index contributed by atoms with van der Waals surface area (Å²) in [6.07, 6.45) is 8.01. The average Bonchev–Trinajstić information content (AvgIpc) is 2.90. The molecule has 2 aromatic rings. The van der Waals surface area contributed by atoms with Gasteiger partial charge in [0.15, 0.2) is 5.82 Å². The molecule has 2 fully saturated rings. The van der Waals surface area contributed by atoms with Gasteiger partial charge < -0.3 is 25.4 Å². The van der Waals surface area contributed by atoms with Crippen LogP contribution in [0.3, 0.4) is 0 Å². The molecule has 0 aromatic carbocycles. The second-order valence-corrected chi connectivity index (χ2v) is 9.79. The van der Waals surface area contributed by atoms with E-state index in [2.05, 4.69) is 49.1 Å². The smallest absolute Gasteiger partial charge is 0.223 e. The summed E-state index contributed by atoms with van der Waals surface area (Å²) >= 11 is 0. The largest absolute Gasteiger partial charge is 0.383 e. The molecule has 0 bridgehead atoms. The van der Waals surface area contributed by atoms with Gasteiger partial charge in [0, 0.05) is 50.6 Å². The third kappa shape index (κ3) is 6.84. The number of rotatable bonds is 10. The number of nitrogens with one attached hydrogen (secondary N) is 3. The van der Waals surface area contributed by atoms with Crippen LogP contribution in [0.5, 0.6) is 0 Å². The molecule has 10 nitrogen and oxygen atoms in total. The number of halogens is 1. The highest BCUT2D eigenvalue weighted by Gasteiger charge is 2.32. The Balaban J connectivity index is 1.37. The molecule has 1 saturated heterocycles. The molecule has 2 aliphatic rings. The number of hydrogen-bond acceptors (Lipinski definition) is 10. The van der Waals surface area contributed by atoms with Crippen LogP contribution in [0.2, 0.25) is 0 Å². The van der Waals surface area contributed by atoms with E-state index in [0.717, 1.165) is 25.7 Å². The van der Waals surface area contributed by atoms with Gasteiger partial charge in [-0.15, -0.1) is 5.10 Å². The molecule has 0 radical (unpaired) electrons. The van der Waals surface area contributed by atoms with Crippen LogP contribution in [0.25, 0.3) is 11.3 Å². The van der Waals surface area contributed by atoms with E-state index in [1.165, 1.54) is 12.4 Å². The van der Waals surface area contributed by atoms with Gasteiger partial charge >= 0.3 is 0 Å². The Kier molecular flexibility index (Phi) is 8.96. The molecular formula is C25H35FN8O2. The van der Waals surface area contributed by atoms with Crippen LogP contribution in [-0.4, -0.2) is 71.8 Å². The van der Waals surface area contributed by atoms with E-state index < -0.39 is 11.2 Å². The number of methoxy groups -OCH3 is 1. The van der Waals surface area contributed by atoms with Crippen molar-refractivity contribution in [1.82, 2.24) is 25.5 Å². The molecule has 1 aliphatic heterocycles. The quantitative estimate of drug-likeness (QED) is 0.449. The molecule has 11 heteroatoms. The van der Waals surface area contributed by atoms with E-state index in [9.17, 15) is 9.65 Å². The van der Waals surface area contributed by atoms with Crippen molar-refractivity contribution in [3.63, 3.8) is 0 Å². The fourth-order valence-corrected chi connectivity index (χ4v) is 4.86. The number of nitriles is 1. The second-order valence-electron chi connectivity index (χ2n) is 9.79. The Morgan fingerprint density at radius 1 is 1.22 bits per heavy atom. The summed E-state index contributed by atoms with van der Waals surface area (Å²) in [6.45, 7) is 4.37. The normalized spacial score (nSPS) is 22.4. The highest BCUT2D eigenvalue weighted by atomic mass is 19.1. The number of aromatic nitrogens is 4. The SMILES string of the molecule is COCC(C)NC1CCC(Nc2ncc(F)c(-c3cnnc(NCC4(C#N)CCOCC4)c3)n2)CC1. The molecule has 0 spiro atoms. The van der Waals surface area contributed by atoms with Crippen LogP contribution in [0.1, 0.15) is 45.4 Å². The molecular weight excluding hydrogens is 463 g/mol. The van der Waals surface area contributed by atoms with Gasteiger partial charge in [-0.2, -0.15) is 10.4 Å². The first-order valence-electron chi connectivity index (χ1n) is 12.6. The summed E-state index contributed by atoms with van der Waals surface area (Å²) in [4.78, 5) is 8.62. The number of ether oxygens (including phenoxy) is 2. The third-order valence-electron chi connectivity index (χ3n) is 6.96. The number of anilines is 2. The van der Waals surface area contributed by atoms with Crippen LogP contribution in [0.4, 0.5) is 16.2 Å². The third-order valence-corrected chi connectivity index (χ3v) is 6.96. The molecule has 0 amide bonds. The minimum Gasteiger partial charge on any atom is -0.383 e. The lowest BCUT2D eigenvalue weighted by Gasteiger charge is -2.31. The first kappa shape index (κ1) is 26.1. The van der Waals surface area contributed by atoms with Crippen molar-refractivity contribution in [2.75, 3.05) is 44.1 Å². The van der Waals surface area contributed by atoms with Crippen molar-refractivity contribution < 1.29 is 13.9 Å². The van der Waals surface area contributed by atoms with E-state index in [0.29, 0.717) is 68.6 Å². The first-order chi connectivity index (χ1) is 17.5. The van der Waals surface area contributed by atoms with Gasteiger partial charge in [0.2, 0.25) is 5.95 Å². The topological polar surface area (TPSA) is 130 Å². The van der Waals surface area contributed by atoms with Crippen LogP contribution >= 0.6 is 0 Å². The minimum absolute atomic E-state index is 0.162. The Hall–Kier alpha value is -2.94. The first-order valence-corrected chi connectivity index (χ1v) is 12.6. The van der Waals surface area contributed by atoms with Crippen molar-refractivity contribution in [2.24, 2.45) is 5.41 Å². The molecule has 2 aromatic heterocycles. The maximum absolute atomic E-state index is 14.7. The van der Waals surface area contributed by atoms with Crippen LogP contribution in [0, 0.1) is 22.6 Å². The fraction of sp³-hybridized carbons (Fsp3) is 0.640. The van der Waals surface area contributed by atoms with E-state index >= 15 is 0 Å². The summed E-state index contributed by atoms with van der Waals surface area (Å²) in [7, 11) is 1.71. The molecule has 1 unspecified atom stereocenters. The van der Waals surface area contributed by atoms with Gasteiger partial charge in [-0.1, -0.05) is 0 Å². The predicted octanol–water partition coefficient (Wildman–Crippen LogP) is 3.15. The summed E-state index contributed by atoms with van der Waals surface area (Å²) in [6, 6.07) is 5.13. The van der Waals surface area contributed by atoms with Gasteiger partial charge in [-0.05, 0) is 51.5 Å². The summed E-state index contributed by atoms with van der Waals surface area (Å²) in [5, 5.41) is 28.0. The lowest BCUT2D eigenvalue weighted by molar-refractivity contribution is 0.0455. The van der Waals surface area contributed by atoms with Crippen molar-refractivity contribution in [3.8, 4) is 17.3 Å². The summed E-state index contributed by atoms with van der Waals surface area (Å²) in [5.74, 6) is 0.333. The maximum atomic E-state index is 14.7. The second kappa shape index (κ2) is 12.3. The predicted molar refractivity (Wildman–Crippen MR) is 134 cm³/mol. The maximum Gasteiger partial charge on any atom is 0.223 e. The zero-order valence-corrected chi connectivity index (χ0v) is 21.0. The standard InChI is InChI=1S/C25H35FN8O2/c1-17(14-35-2)31-19-3-5-20(6-4-19)32-24-28-13-21(26)23(33-24)18-11-22(34-30-12-18)29-16-25(15-27)7-9-36-10-8-25/h11-13,17,19-20,31H,3-10,14,16H2,1-2H3,(H,29,34)(H,28,32,33). The molecule has 36 heavy (non-hydrogen) atoms. The van der Waals surface area contributed by atoms with E-state index in [1.54, 1.807) is 13.2 Å². The van der Waals surface area contributed by atoms with Crippen molar-refractivity contribution in [2.45, 2.75) is 63.6 Å². The highest BCUT2D eigenvalue weighted by molar-refractivity contribution is 5.63. The highest BCUT2D eigenvalue weighted by Crippen LogP contribution is 2.30. The van der Waals surface area contributed by atoms with Crippen molar-refractivity contribution in [3.05, 3.63) is 24.3 Å². The molecule has 1 atom stereocenters. The zero-order valence-electron chi connectivity index (χ0n) is 21.0. The van der Waals surface area contributed by atoms with Gasteiger partial charge in [-0.25, -0.2) is 14.4 Å². The average molecular weight is 499 g/mol. The molecule has 194 valence electrons. The molecule has 4 rings (SSSR count). The lowest BCUT2D eigenvalue weighted by atomic mass is 9.82. The Morgan fingerprint density at radius 3 is 2.69 bits per heavy atom. The Bertz CT molecular complexity index is 1030. The minimum atomic E-state index is -0.530. The fourth-order valence-electron chi connectivity index (χ4n) is 4.86. The molecule has 3 N–H and O–H groups in total. The summed E-state index contributed by atoms with van der Waals surface area (Å²) in [5.41, 5.74) is 0.146. The van der Waals surface area contributed by atoms with Crippen LogP contribution in [0.15, 0.2) is 18.5 Å². The monoisotopic (exact) mass is 498 g/mol. The van der Waals surface area contributed by atoms with Gasteiger partial charge in [0.1, 0.15) is 11.5 Å². The van der Waals surface area contributed by atoms with E-state index in [-0.39, 0.29) is 11.7 Å². The number of nitrogens with zero attached hydrogens (tertiary/aromatic N) is 5. The van der Waals surface area contributed by atoms with Crippen LogP contribution < -0.4 is 16.0 Å². The van der Waals surface area contributed by atoms with E-state index in [4.69, 9.17) is 9.47 Å². The lowest BCUT2D eigenvalue weighted by Crippen LogP contribution is -2.43.